The third-order valence-electron chi connectivity index (χ3n) is 2.68. The molecule has 0 aliphatic rings. The van der Waals surface area contributed by atoms with Gasteiger partial charge >= 0.3 is 0 Å². The lowest BCUT2D eigenvalue weighted by molar-refractivity contribution is 0.112. The van der Waals surface area contributed by atoms with Gasteiger partial charge in [0.1, 0.15) is 6.29 Å². The summed E-state index contributed by atoms with van der Waals surface area (Å²) in [5, 5.41) is 2.25. The summed E-state index contributed by atoms with van der Waals surface area (Å²) >= 11 is 0. The van der Waals surface area contributed by atoms with Crippen molar-refractivity contribution in [1.82, 2.24) is 0 Å². The van der Waals surface area contributed by atoms with Crippen LogP contribution in [0, 0.1) is 0 Å². The Kier molecular flexibility index (Phi) is 3.02. The molecular formula is C14H15NO. The highest BCUT2D eigenvalue weighted by molar-refractivity contribution is 5.90. The Morgan fingerprint density at radius 2 is 1.88 bits per heavy atom. The van der Waals surface area contributed by atoms with Gasteiger partial charge in [-0.3, -0.25) is 4.79 Å². The van der Waals surface area contributed by atoms with Crippen LogP contribution in [-0.4, -0.2) is 12.3 Å². The fourth-order valence-electron chi connectivity index (χ4n) is 1.94. The summed E-state index contributed by atoms with van der Waals surface area (Å²) in [6.07, 6.45) is 1.64. The van der Waals surface area contributed by atoms with Crippen molar-refractivity contribution in [1.29, 1.82) is 0 Å². The van der Waals surface area contributed by atoms with Crippen molar-refractivity contribution in [2.45, 2.75) is 19.4 Å². The minimum Gasteiger partial charge on any atom is -0.328 e. The van der Waals surface area contributed by atoms with Crippen LogP contribution in [0.3, 0.4) is 0 Å². The summed E-state index contributed by atoms with van der Waals surface area (Å²) in [6, 6.07) is 12.1. The number of hydrogen-bond donors (Lipinski definition) is 1. The van der Waals surface area contributed by atoms with E-state index < -0.39 is 0 Å². The molecule has 0 spiro atoms. The number of nitrogens with two attached hydrogens (primary N) is 1. The third-order valence-corrected chi connectivity index (χ3v) is 2.68. The molecule has 0 saturated carbocycles. The highest BCUT2D eigenvalue weighted by atomic mass is 16.1. The number of fused-ring (bicyclic) bond motifs is 1. The quantitative estimate of drug-likeness (QED) is 0.796. The summed E-state index contributed by atoms with van der Waals surface area (Å²) in [5.41, 5.74) is 7.55. The Hall–Kier alpha value is -1.67. The number of rotatable bonds is 3. The first-order valence-electron chi connectivity index (χ1n) is 5.43. The number of benzene rings is 2. The zero-order valence-electron chi connectivity index (χ0n) is 9.31. The molecule has 0 amide bonds. The predicted molar refractivity (Wildman–Crippen MR) is 66.7 cm³/mol. The lowest BCUT2D eigenvalue weighted by atomic mass is 9.97. The molecule has 1 unspecified atom stereocenters. The smallest absolute Gasteiger partial charge is 0.150 e. The molecule has 0 aromatic heterocycles. The normalized spacial score (nSPS) is 12.6. The molecule has 1 atom stereocenters. The van der Waals surface area contributed by atoms with Crippen LogP contribution < -0.4 is 5.73 Å². The summed E-state index contributed by atoms with van der Waals surface area (Å²) in [4.78, 5) is 11.0. The van der Waals surface area contributed by atoms with Crippen LogP contribution in [0.15, 0.2) is 36.4 Å². The standard InChI is InChI=1S/C14H15NO/c1-10(15)6-13-7-11-4-2-3-5-12(11)8-14(13)9-16/h2-5,7-10H,6,15H2,1H3. The molecule has 0 aliphatic heterocycles. The molecule has 82 valence electrons. The fraction of sp³-hybridized carbons (Fsp3) is 0.214. The average Bonchev–Trinajstić information content (AvgIpc) is 2.27. The molecule has 0 aliphatic carbocycles. The van der Waals surface area contributed by atoms with Crippen molar-refractivity contribution in [2.24, 2.45) is 5.73 Å². The third kappa shape index (κ3) is 2.12. The first-order valence-corrected chi connectivity index (χ1v) is 5.43. The van der Waals surface area contributed by atoms with E-state index in [2.05, 4.69) is 12.1 Å². The Morgan fingerprint density at radius 3 is 2.44 bits per heavy atom. The highest BCUT2D eigenvalue weighted by Gasteiger charge is 2.06. The van der Waals surface area contributed by atoms with E-state index in [1.807, 2.05) is 31.2 Å². The van der Waals surface area contributed by atoms with E-state index in [-0.39, 0.29) is 6.04 Å². The fourth-order valence-corrected chi connectivity index (χ4v) is 1.94. The van der Waals surface area contributed by atoms with E-state index in [1.54, 1.807) is 0 Å². The number of aldehydes is 1. The Morgan fingerprint density at radius 1 is 1.25 bits per heavy atom. The predicted octanol–water partition coefficient (Wildman–Crippen LogP) is 2.54. The first-order chi connectivity index (χ1) is 7.70. The summed E-state index contributed by atoms with van der Waals surface area (Å²) in [6.45, 7) is 1.95. The molecule has 2 heteroatoms. The van der Waals surface area contributed by atoms with Crippen LogP contribution in [0.1, 0.15) is 22.8 Å². The summed E-state index contributed by atoms with van der Waals surface area (Å²) in [5.74, 6) is 0. The average molecular weight is 213 g/mol. The monoisotopic (exact) mass is 213 g/mol. The van der Waals surface area contributed by atoms with Crippen LogP contribution in [0.4, 0.5) is 0 Å². The highest BCUT2D eigenvalue weighted by Crippen LogP contribution is 2.20. The Balaban J connectivity index is 2.58. The van der Waals surface area contributed by atoms with E-state index in [1.165, 1.54) is 0 Å². The largest absolute Gasteiger partial charge is 0.328 e. The zero-order chi connectivity index (χ0) is 11.5. The maximum Gasteiger partial charge on any atom is 0.150 e. The first kappa shape index (κ1) is 10.8. The van der Waals surface area contributed by atoms with Gasteiger partial charge < -0.3 is 5.73 Å². The van der Waals surface area contributed by atoms with E-state index in [4.69, 9.17) is 5.73 Å². The van der Waals surface area contributed by atoms with Crippen molar-refractivity contribution < 1.29 is 4.79 Å². The number of carbonyl (C=O) groups excluding carboxylic acids is 1. The van der Waals surface area contributed by atoms with Crippen molar-refractivity contribution in [3.05, 3.63) is 47.5 Å². The minimum atomic E-state index is 0.0693. The lowest BCUT2D eigenvalue weighted by Gasteiger charge is -2.09. The number of carbonyl (C=O) groups is 1. The Labute approximate surface area is 95.1 Å². The molecule has 0 bridgehead atoms. The van der Waals surface area contributed by atoms with Gasteiger partial charge in [-0.25, -0.2) is 0 Å². The molecule has 0 heterocycles. The van der Waals surface area contributed by atoms with Gasteiger partial charge in [-0.15, -0.1) is 0 Å². The maximum absolute atomic E-state index is 11.0. The van der Waals surface area contributed by atoms with Crippen molar-refractivity contribution in [3.8, 4) is 0 Å². The molecule has 2 N–H and O–H groups in total. The van der Waals surface area contributed by atoms with Gasteiger partial charge in [0.25, 0.3) is 0 Å². The van der Waals surface area contributed by atoms with Crippen LogP contribution in [0.2, 0.25) is 0 Å². The van der Waals surface area contributed by atoms with Crippen LogP contribution >= 0.6 is 0 Å². The summed E-state index contributed by atoms with van der Waals surface area (Å²) in [7, 11) is 0. The molecule has 0 radical (unpaired) electrons. The van der Waals surface area contributed by atoms with E-state index in [0.717, 1.165) is 34.6 Å². The van der Waals surface area contributed by atoms with E-state index in [9.17, 15) is 4.79 Å². The van der Waals surface area contributed by atoms with Gasteiger partial charge in [0.2, 0.25) is 0 Å². The molecule has 16 heavy (non-hydrogen) atoms. The second kappa shape index (κ2) is 4.45. The van der Waals surface area contributed by atoms with E-state index in [0.29, 0.717) is 0 Å². The van der Waals surface area contributed by atoms with Gasteiger partial charge in [0.05, 0.1) is 0 Å². The Bertz CT molecular complexity index is 517. The van der Waals surface area contributed by atoms with Crippen LogP contribution in [-0.2, 0) is 6.42 Å². The minimum absolute atomic E-state index is 0.0693. The molecular weight excluding hydrogens is 198 g/mol. The van der Waals surface area contributed by atoms with Gasteiger partial charge in [-0.2, -0.15) is 0 Å². The van der Waals surface area contributed by atoms with Gasteiger partial charge in [0.15, 0.2) is 0 Å². The maximum atomic E-state index is 11.0. The summed E-state index contributed by atoms with van der Waals surface area (Å²) < 4.78 is 0. The van der Waals surface area contributed by atoms with Crippen molar-refractivity contribution in [2.75, 3.05) is 0 Å². The topological polar surface area (TPSA) is 43.1 Å². The van der Waals surface area contributed by atoms with Crippen molar-refractivity contribution >= 4 is 17.1 Å². The SMILES string of the molecule is CC(N)Cc1cc2ccccc2cc1C=O. The van der Waals surface area contributed by atoms with Crippen LogP contribution in [0.5, 0.6) is 0 Å². The second-order valence-corrected chi connectivity index (χ2v) is 4.20. The molecule has 0 fully saturated rings. The molecule has 2 rings (SSSR count). The molecule has 2 nitrogen and oxygen atoms in total. The van der Waals surface area contributed by atoms with Gasteiger partial charge in [0, 0.05) is 11.6 Å². The van der Waals surface area contributed by atoms with Gasteiger partial charge in [-0.1, -0.05) is 30.3 Å². The number of hydrogen-bond acceptors (Lipinski definition) is 2. The van der Waals surface area contributed by atoms with Crippen molar-refractivity contribution in [3.63, 3.8) is 0 Å². The lowest BCUT2D eigenvalue weighted by Crippen LogP contribution is -2.18. The molecule has 2 aromatic carbocycles. The van der Waals surface area contributed by atoms with Crippen LogP contribution in [0.25, 0.3) is 10.8 Å². The molecule has 2 aromatic rings. The van der Waals surface area contributed by atoms with E-state index >= 15 is 0 Å². The molecule has 0 saturated heterocycles. The second-order valence-electron chi connectivity index (χ2n) is 4.20. The van der Waals surface area contributed by atoms with Gasteiger partial charge in [-0.05, 0) is 35.7 Å². The zero-order valence-corrected chi connectivity index (χ0v) is 9.31.